The standard InChI is InChI=1S/C14H9Br2NO4/c15-10-4-1-3-9(7-10)12(18)8-21-13-6-2-5-11(14(13)16)17(19)20/h1-7H,8H2. The van der Waals surface area contributed by atoms with Crippen LogP contribution in [0.4, 0.5) is 5.69 Å². The second-order valence-electron chi connectivity index (χ2n) is 4.07. The Morgan fingerprint density at radius 2 is 1.90 bits per heavy atom. The van der Waals surface area contributed by atoms with E-state index in [1.54, 1.807) is 24.3 Å². The Balaban J connectivity index is 2.12. The number of carbonyl (C=O) groups excluding carboxylic acids is 1. The van der Waals surface area contributed by atoms with Crippen molar-refractivity contribution in [3.05, 3.63) is 67.1 Å². The fourth-order valence-corrected chi connectivity index (χ4v) is 2.56. The predicted octanol–water partition coefficient (Wildman–Crippen LogP) is 4.38. The molecule has 2 aromatic rings. The van der Waals surface area contributed by atoms with Crippen LogP contribution >= 0.6 is 31.9 Å². The van der Waals surface area contributed by atoms with Gasteiger partial charge in [-0.2, -0.15) is 0 Å². The number of Topliss-reactive ketones (excluding diaryl/α,β-unsaturated/α-hetero) is 1. The first-order valence-electron chi connectivity index (χ1n) is 5.83. The predicted molar refractivity (Wildman–Crippen MR) is 84.8 cm³/mol. The number of halogens is 2. The third kappa shape index (κ3) is 3.89. The van der Waals surface area contributed by atoms with Gasteiger partial charge in [-0.3, -0.25) is 14.9 Å². The quantitative estimate of drug-likeness (QED) is 0.413. The molecular formula is C14H9Br2NO4. The Bertz CT molecular complexity index is 703. The van der Waals surface area contributed by atoms with Crippen molar-refractivity contribution < 1.29 is 14.5 Å². The summed E-state index contributed by atoms with van der Waals surface area (Å²) in [5.74, 6) is 0.0438. The number of nitro groups is 1. The Hall–Kier alpha value is -1.73. The van der Waals surface area contributed by atoms with E-state index >= 15 is 0 Å². The smallest absolute Gasteiger partial charge is 0.287 e. The number of rotatable bonds is 5. The lowest BCUT2D eigenvalue weighted by atomic mass is 10.1. The maximum atomic E-state index is 12.0. The van der Waals surface area contributed by atoms with Gasteiger partial charge in [-0.05, 0) is 34.1 Å². The van der Waals surface area contributed by atoms with Crippen molar-refractivity contribution in [3.8, 4) is 5.75 Å². The second-order valence-corrected chi connectivity index (χ2v) is 5.78. The van der Waals surface area contributed by atoms with Gasteiger partial charge in [0.2, 0.25) is 0 Å². The van der Waals surface area contributed by atoms with E-state index in [1.807, 2.05) is 6.07 Å². The summed E-state index contributed by atoms with van der Waals surface area (Å²) in [5.41, 5.74) is 0.397. The van der Waals surface area contributed by atoms with Crippen LogP contribution in [0.3, 0.4) is 0 Å². The van der Waals surface area contributed by atoms with Crippen molar-refractivity contribution in [2.45, 2.75) is 0 Å². The molecule has 2 rings (SSSR count). The highest BCUT2D eigenvalue weighted by molar-refractivity contribution is 9.11. The number of ether oxygens (including phenoxy) is 1. The van der Waals surface area contributed by atoms with E-state index in [-0.39, 0.29) is 28.3 Å². The van der Waals surface area contributed by atoms with E-state index in [0.717, 1.165) is 4.47 Å². The lowest BCUT2D eigenvalue weighted by molar-refractivity contribution is -0.385. The minimum absolute atomic E-state index is 0.109. The van der Waals surface area contributed by atoms with Crippen LogP contribution in [-0.2, 0) is 0 Å². The van der Waals surface area contributed by atoms with Gasteiger partial charge >= 0.3 is 0 Å². The highest BCUT2D eigenvalue weighted by atomic mass is 79.9. The molecule has 0 fully saturated rings. The molecule has 0 saturated heterocycles. The van der Waals surface area contributed by atoms with Crippen molar-refractivity contribution >= 4 is 43.3 Å². The SMILES string of the molecule is O=C(COc1cccc([N+](=O)[O-])c1Br)c1cccc(Br)c1. The molecule has 21 heavy (non-hydrogen) atoms. The molecule has 0 aliphatic heterocycles. The zero-order chi connectivity index (χ0) is 15.4. The molecule has 0 saturated carbocycles. The molecule has 0 atom stereocenters. The highest BCUT2D eigenvalue weighted by Crippen LogP contribution is 2.33. The average Bonchev–Trinajstić information content (AvgIpc) is 2.45. The summed E-state index contributed by atoms with van der Waals surface area (Å²) in [6.45, 7) is -0.198. The summed E-state index contributed by atoms with van der Waals surface area (Å²) in [6.07, 6.45) is 0. The molecule has 0 unspecified atom stereocenters. The van der Waals surface area contributed by atoms with Gasteiger partial charge in [-0.1, -0.05) is 34.1 Å². The zero-order valence-corrected chi connectivity index (χ0v) is 13.8. The summed E-state index contributed by atoms with van der Waals surface area (Å²) >= 11 is 6.40. The molecular weight excluding hydrogens is 406 g/mol. The first-order valence-corrected chi connectivity index (χ1v) is 7.42. The van der Waals surface area contributed by atoms with Crippen molar-refractivity contribution in [2.24, 2.45) is 0 Å². The zero-order valence-electron chi connectivity index (χ0n) is 10.6. The third-order valence-electron chi connectivity index (χ3n) is 2.64. The number of nitro benzene ring substituents is 1. The third-order valence-corrected chi connectivity index (χ3v) is 3.94. The van der Waals surface area contributed by atoms with Gasteiger partial charge in [0, 0.05) is 16.1 Å². The monoisotopic (exact) mass is 413 g/mol. The topological polar surface area (TPSA) is 69.4 Å². The molecule has 7 heteroatoms. The van der Waals surface area contributed by atoms with Gasteiger partial charge in [0.15, 0.2) is 12.4 Å². The summed E-state index contributed by atoms with van der Waals surface area (Å²) in [4.78, 5) is 22.3. The lowest BCUT2D eigenvalue weighted by Crippen LogP contribution is -2.12. The van der Waals surface area contributed by atoms with E-state index in [9.17, 15) is 14.9 Å². The number of hydrogen-bond donors (Lipinski definition) is 0. The highest BCUT2D eigenvalue weighted by Gasteiger charge is 2.17. The summed E-state index contributed by atoms with van der Waals surface area (Å²) in [6, 6.07) is 11.3. The van der Waals surface area contributed by atoms with E-state index in [2.05, 4.69) is 31.9 Å². The van der Waals surface area contributed by atoms with Crippen LogP contribution < -0.4 is 4.74 Å². The Kier molecular flexibility index (Phi) is 5.08. The van der Waals surface area contributed by atoms with Gasteiger partial charge < -0.3 is 4.74 Å². The van der Waals surface area contributed by atoms with E-state index in [4.69, 9.17) is 4.74 Å². The molecule has 2 aromatic carbocycles. The Morgan fingerprint density at radius 1 is 1.19 bits per heavy atom. The molecule has 0 aromatic heterocycles. The van der Waals surface area contributed by atoms with Crippen LogP contribution in [0, 0.1) is 10.1 Å². The molecule has 0 bridgehead atoms. The molecule has 0 radical (unpaired) electrons. The van der Waals surface area contributed by atoms with Gasteiger partial charge in [-0.25, -0.2) is 0 Å². The van der Waals surface area contributed by atoms with Crippen molar-refractivity contribution in [3.63, 3.8) is 0 Å². The minimum Gasteiger partial charge on any atom is -0.484 e. The van der Waals surface area contributed by atoms with Crippen molar-refractivity contribution in [1.29, 1.82) is 0 Å². The van der Waals surface area contributed by atoms with E-state index < -0.39 is 4.92 Å². The van der Waals surface area contributed by atoms with Crippen LogP contribution in [0.15, 0.2) is 51.4 Å². The van der Waals surface area contributed by atoms with Crippen LogP contribution in [0.2, 0.25) is 0 Å². The van der Waals surface area contributed by atoms with Crippen molar-refractivity contribution in [1.82, 2.24) is 0 Å². The van der Waals surface area contributed by atoms with Crippen molar-refractivity contribution in [2.75, 3.05) is 6.61 Å². The maximum absolute atomic E-state index is 12.0. The normalized spacial score (nSPS) is 10.2. The first-order chi connectivity index (χ1) is 9.99. The summed E-state index contributed by atoms with van der Waals surface area (Å²) < 4.78 is 6.38. The molecule has 0 spiro atoms. The fourth-order valence-electron chi connectivity index (χ4n) is 1.64. The molecule has 5 nitrogen and oxygen atoms in total. The lowest BCUT2D eigenvalue weighted by Gasteiger charge is -2.08. The molecule has 108 valence electrons. The maximum Gasteiger partial charge on any atom is 0.287 e. The molecule has 0 aliphatic rings. The first kappa shape index (κ1) is 15.7. The van der Waals surface area contributed by atoms with Crippen LogP contribution in [-0.4, -0.2) is 17.3 Å². The van der Waals surface area contributed by atoms with Gasteiger partial charge in [0.05, 0.1) is 4.92 Å². The van der Waals surface area contributed by atoms with Crippen LogP contribution in [0.1, 0.15) is 10.4 Å². The van der Waals surface area contributed by atoms with E-state index in [0.29, 0.717) is 5.56 Å². The number of carbonyl (C=O) groups is 1. The molecule has 0 aliphatic carbocycles. The number of hydrogen-bond acceptors (Lipinski definition) is 4. The average molecular weight is 415 g/mol. The van der Waals surface area contributed by atoms with Crippen LogP contribution in [0.5, 0.6) is 5.75 Å². The Labute approximate surface area is 137 Å². The minimum atomic E-state index is -0.521. The van der Waals surface area contributed by atoms with Crippen LogP contribution in [0.25, 0.3) is 0 Å². The summed E-state index contributed by atoms with van der Waals surface area (Å²) in [7, 11) is 0. The fraction of sp³-hybridized carbons (Fsp3) is 0.0714. The largest absolute Gasteiger partial charge is 0.484 e. The number of benzene rings is 2. The number of nitrogens with zero attached hydrogens (tertiary/aromatic N) is 1. The Morgan fingerprint density at radius 3 is 2.57 bits per heavy atom. The molecule has 0 heterocycles. The van der Waals surface area contributed by atoms with E-state index in [1.165, 1.54) is 12.1 Å². The van der Waals surface area contributed by atoms with Gasteiger partial charge in [0.25, 0.3) is 5.69 Å². The number of ketones is 1. The second kappa shape index (κ2) is 6.82. The van der Waals surface area contributed by atoms with Gasteiger partial charge in [0.1, 0.15) is 10.2 Å². The van der Waals surface area contributed by atoms with Gasteiger partial charge in [-0.15, -0.1) is 0 Å². The summed E-state index contributed by atoms with van der Waals surface area (Å²) in [5, 5.41) is 10.8. The molecule has 0 N–H and O–H groups in total. The molecule has 0 amide bonds.